The minimum absolute atomic E-state index is 0.255. The lowest BCUT2D eigenvalue weighted by Gasteiger charge is -2.06. The molecule has 1 aromatic heterocycles. The number of rotatable bonds is 2. The lowest BCUT2D eigenvalue weighted by atomic mass is 10.0. The summed E-state index contributed by atoms with van der Waals surface area (Å²) in [4.78, 5) is 0. The van der Waals surface area contributed by atoms with Gasteiger partial charge in [0.25, 0.3) is 0 Å². The molecule has 0 aromatic carbocycles. The first-order valence-electron chi connectivity index (χ1n) is 3.52. The molecule has 62 valence electrons. The van der Waals surface area contributed by atoms with Crippen molar-refractivity contribution in [1.29, 1.82) is 0 Å². The molecular formula is C7H12N2O2. The van der Waals surface area contributed by atoms with Gasteiger partial charge in [-0.15, -0.1) is 0 Å². The van der Waals surface area contributed by atoms with Crippen LogP contribution in [-0.4, -0.2) is 20.4 Å². The molecule has 1 rings (SSSR count). The molecule has 1 aromatic rings. The number of hydrogen-bond donors (Lipinski definition) is 3. The lowest BCUT2D eigenvalue weighted by molar-refractivity contribution is -0.0466. The number of aliphatic hydroxyl groups is 2. The van der Waals surface area contributed by atoms with Crippen LogP contribution >= 0.6 is 0 Å². The number of aliphatic hydroxyl groups excluding tert-OH is 1. The van der Waals surface area contributed by atoms with Crippen molar-refractivity contribution in [2.45, 2.75) is 26.1 Å². The molecule has 4 heteroatoms. The third kappa shape index (κ3) is 1.58. The number of hydrogen-bond acceptors (Lipinski definition) is 3. The zero-order valence-corrected chi connectivity index (χ0v) is 6.57. The average molecular weight is 156 g/mol. The van der Waals surface area contributed by atoms with Gasteiger partial charge in [0.05, 0.1) is 11.9 Å². The Morgan fingerprint density at radius 3 is 2.45 bits per heavy atom. The first-order valence-corrected chi connectivity index (χ1v) is 3.52. The maximum atomic E-state index is 8.83. The van der Waals surface area contributed by atoms with Gasteiger partial charge in [-0.05, 0) is 5.92 Å². The van der Waals surface area contributed by atoms with Crippen molar-refractivity contribution in [3.05, 3.63) is 17.5 Å². The van der Waals surface area contributed by atoms with Gasteiger partial charge < -0.3 is 10.2 Å². The number of aromatic nitrogens is 2. The molecule has 0 atom stereocenters. The summed E-state index contributed by atoms with van der Waals surface area (Å²) in [5, 5.41) is 23.9. The van der Waals surface area contributed by atoms with Gasteiger partial charge in [-0.2, -0.15) is 5.10 Å². The SMILES string of the molecule is CC(C)c1cn[nH]c1C(O)O. The molecule has 1 heterocycles. The molecule has 0 aliphatic heterocycles. The second kappa shape index (κ2) is 3.02. The first-order chi connectivity index (χ1) is 5.13. The van der Waals surface area contributed by atoms with Crippen LogP contribution in [0.25, 0.3) is 0 Å². The van der Waals surface area contributed by atoms with Crippen LogP contribution in [0.15, 0.2) is 6.20 Å². The largest absolute Gasteiger partial charge is 0.363 e. The van der Waals surface area contributed by atoms with E-state index in [1.54, 1.807) is 6.20 Å². The van der Waals surface area contributed by atoms with Gasteiger partial charge >= 0.3 is 0 Å². The summed E-state index contributed by atoms with van der Waals surface area (Å²) in [7, 11) is 0. The van der Waals surface area contributed by atoms with Crippen LogP contribution in [-0.2, 0) is 0 Å². The van der Waals surface area contributed by atoms with E-state index in [1.807, 2.05) is 13.8 Å². The van der Waals surface area contributed by atoms with Gasteiger partial charge in [0.1, 0.15) is 0 Å². The second-order valence-corrected chi connectivity index (χ2v) is 2.77. The molecule has 0 spiro atoms. The fourth-order valence-corrected chi connectivity index (χ4v) is 0.972. The van der Waals surface area contributed by atoms with Crippen LogP contribution in [0.3, 0.4) is 0 Å². The van der Waals surface area contributed by atoms with Crippen molar-refractivity contribution in [1.82, 2.24) is 10.2 Å². The smallest absolute Gasteiger partial charge is 0.195 e. The van der Waals surface area contributed by atoms with Crippen LogP contribution in [0.2, 0.25) is 0 Å². The third-order valence-corrected chi connectivity index (χ3v) is 1.58. The highest BCUT2D eigenvalue weighted by Crippen LogP contribution is 2.20. The monoisotopic (exact) mass is 156 g/mol. The molecule has 0 saturated carbocycles. The van der Waals surface area contributed by atoms with E-state index in [2.05, 4.69) is 10.2 Å². The quantitative estimate of drug-likeness (QED) is 0.546. The molecule has 0 saturated heterocycles. The number of nitrogens with zero attached hydrogens (tertiary/aromatic N) is 1. The molecule has 0 amide bonds. The molecular weight excluding hydrogens is 144 g/mol. The van der Waals surface area contributed by atoms with Crippen LogP contribution in [0.5, 0.6) is 0 Å². The fraction of sp³-hybridized carbons (Fsp3) is 0.571. The van der Waals surface area contributed by atoms with Crippen molar-refractivity contribution < 1.29 is 10.2 Å². The molecule has 0 radical (unpaired) electrons. The highest BCUT2D eigenvalue weighted by Gasteiger charge is 2.13. The Balaban J connectivity index is 2.96. The summed E-state index contributed by atoms with van der Waals surface area (Å²) in [5.74, 6) is 0.255. The molecule has 11 heavy (non-hydrogen) atoms. The molecule has 0 aliphatic carbocycles. The normalized spacial score (nSPS) is 11.5. The summed E-state index contributed by atoms with van der Waals surface area (Å²) < 4.78 is 0. The fourth-order valence-electron chi connectivity index (χ4n) is 0.972. The highest BCUT2D eigenvalue weighted by atomic mass is 16.5. The van der Waals surface area contributed by atoms with Gasteiger partial charge in [-0.3, -0.25) is 5.10 Å². The van der Waals surface area contributed by atoms with Gasteiger partial charge in [0, 0.05) is 5.56 Å². The molecule has 3 N–H and O–H groups in total. The van der Waals surface area contributed by atoms with Gasteiger partial charge in [-0.1, -0.05) is 13.8 Å². The topological polar surface area (TPSA) is 69.1 Å². The minimum Gasteiger partial charge on any atom is -0.363 e. The first kappa shape index (κ1) is 8.23. The van der Waals surface area contributed by atoms with Gasteiger partial charge in [-0.25, -0.2) is 0 Å². The third-order valence-electron chi connectivity index (χ3n) is 1.58. The van der Waals surface area contributed by atoms with Crippen molar-refractivity contribution >= 4 is 0 Å². The summed E-state index contributed by atoms with van der Waals surface area (Å²) in [6.45, 7) is 3.94. The standard InChI is InChI=1S/C7H12N2O2/c1-4(2)5-3-8-9-6(5)7(10)11/h3-4,7,10-11H,1-2H3,(H,8,9). The van der Waals surface area contributed by atoms with Crippen molar-refractivity contribution in [3.63, 3.8) is 0 Å². The van der Waals surface area contributed by atoms with Gasteiger partial charge in [0.2, 0.25) is 0 Å². The minimum atomic E-state index is -1.45. The maximum absolute atomic E-state index is 8.83. The highest BCUT2D eigenvalue weighted by molar-refractivity contribution is 5.20. The Bertz CT molecular complexity index is 208. The van der Waals surface area contributed by atoms with Crippen LogP contribution < -0.4 is 0 Å². The molecule has 0 unspecified atom stereocenters. The van der Waals surface area contributed by atoms with Crippen molar-refractivity contribution in [2.24, 2.45) is 0 Å². The van der Waals surface area contributed by atoms with E-state index < -0.39 is 6.29 Å². The number of H-pyrrole nitrogens is 1. The maximum Gasteiger partial charge on any atom is 0.195 e. The van der Waals surface area contributed by atoms with Crippen molar-refractivity contribution in [3.8, 4) is 0 Å². The molecule has 0 aliphatic rings. The van der Waals surface area contributed by atoms with E-state index in [0.29, 0.717) is 5.69 Å². The second-order valence-electron chi connectivity index (χ2n) is 2.77. The lowest BCUT2D eigenvalue weighted by Crippen LogP contribution is -2.00. The van der Waals surface area contributed by atoms with Crippen LogP contribution in [0.4, 0.5) is 0 Å². The summed E-state index contributed by atoms with van der Waals surface area (Å²) in [5.41, 5.74) is 1.24. The van der Waals surface area contributed by atoms with E-state index in [4.69, 9.17) is 10.2 Å². The Kier molecular flexibility index (Phi) is 2.26. The van der Waals surface area contributed by atoms with E-state index in [9.17, 15) is 0 Å². The van der Waals surface area contributed by atoms with Gasteiger partial charge in [0.15, 0.2) is 6.29 Å². The molecule has 0 fully saturated rings. The Morgan fingerprint density at radius 2 is 2.09 bits per heavy atom. The van der Waals surface area contributed by atoms with E-state index in [0.717, 1.165) is 5.56 Å². The average Bonchev–Trinajstić information content (AvgIpc) is 2.32. The Morgan fingerprint density at radius 1 is 1.45 bits per heavy atom. The summed E-state index contributed by atoms with van der Waals surface area (Å²) >= 11 is 0. The van der Waals surface area contributed by atoms with E-state index in [-0.39, 0.29) is 5.92 Å². The molecule has 0 bridgehead atoms. The Labute approximate surface area is 64.9 Å². The summed E-state index contributed by atoms with van der Waals surface area (Å²) in [6, 6.07) is 0. The zero-order valence-electron chi connectivity index (χ0n) is 6.57. The van der Waals surface area contributed by atoms with E-state index in [1.165, 1.54) is 0 Å². The number of aromatic amines is 1. The van der Waals surface area contributed by atoms with Crippen molar-refractivity contribution in [2.75, 3.05) is 0 Å². The van der Waals surface area contributed by atoms with E-state index >= 15 is 0 Å². The summed E-state index contributed by atoms with van der Waals surface area (Å²) in [6.07, 6.45) is 0.161. The molecule has 4 nitrogen and oxygen atoms in total. The zero-order chi connectivity index (χ0) is 8.43. The van der Waals surface area contributed by atoms with Crippen LogP contribution in [0.1, 0.15) is 37.3 Å². The predicted molar refractivity (Wildman–Crippen MR) is 39.9 cm³/mol. The van der Waals surface area contributed by atoms with Crippen LogP contribution in [0, 0.1) is 0 Å². The number of nitrogens with one attached hydrogen (secondary N) is 1. The Hall–Kier alpha value is -0.870. The predicted octanol–water partition coefficient (Wildman–Crippen LogP) is 0.516.